The van der Waals surface area contributed by atoms with Gasteiger partial charge in [-0.05, 0) is 38.1 Å². The summed E-state index contributed by atoms with van der Waals surface area (Å²) in [6.45, 7) is 2.88. The molecule has 0 aromatic carbocycles. The van der Waals surface area contributed by atoms with Gasteiger partial charge in [0.15, 0.2) is 17.3 Å². The highest BCUT2D eigenvalue weighted by atomic mass is 32.2. The molecule has 0 radical (unpaired) electrons. The van der Waals surface area contributed by atoms with Crippen molar-refractivity contribution in [3.63, 3.8) is 0 Å². The van der Waals surface area contributed by atoms with E-state index in [-0.39, 0.29) is 16.4 Å². The summed E-state index contributed by atoms with van der Waals surface area (Å²) in [5.74, 6) is 0.318. The van der Waals surface area contributed by atoms with E-state index in [1.54, 1.807) is 35.1 Å². The molecule has 3 heterocycles. The third-order valence-electron chi connectivity index (χ3n) is 3.01. The molecule has 23 heavy (non-hydrogen) atoms. The molecule has 0 spiro atoms. The standard InChI is InChI=1S/C15H13N5O2S/c1-9(21)14(10(2)22)23-13-6-5-12-17-18-15(20(12)19-13)11-4-3-7-16-8-11/h3-8,21H,1-2H3. The van der Waals surface area contributed by atoms with Crippen LogP contribution in [0.15, 0.2) is 52.3 Å². The first kappa shape index (κ1) is 15.2. The number of hydrogen-bond acceptors (Lipinski definition) is 7. The molecule has 0 saturated heterocycles. The lowest BCUT2D eigenvalue weighted by molar-refractivity contribution is -0.113. The van der Waals surface area contributed by atoms with Crippen LogP contribution in [0.25, 0.3) is 17.0 Å². The molecule has 0 saturated carbocycles. The summed E-state index contributed by atoms with van der Waals surface area (Å²) in [5, 5.41) is 22.8. The van der Waals surface area contributed by atoms with Gasteiger partial charge in [-0.15, -0.1) is 10.2 Å². The lowest BCUT2D eigenvalue weighted by Crippen LogP contribution is -2.00. The summed E-state index contributed by atoms with van der Waals surface area (Å²) < 4.78 is 1.59. The normalized spacial score (nSPS) is 12.3. The maximum Gasteiger partial charge on any atom is 0.186 e. The van der Waals surface area contributed by atoms with Crippen LogP contribution in [-0.2, 0) is 4.79 Å². The van der Waals surface area contributed by atoms with Crippen LogP contribution in [0, 0.1) is 0 Å². The number of carbonyl (C=O) groups excluding carboxylic acids is 1. The number of rotatable bonds is 4. The molecule has 0 amide bonds. The van der Waals surface area contributed by atoms with Crippen molar-refractivity contribution in [3.05, 3.63) is 47.3 Å². The Morgan fingerprint density at radius 3 is 2.70 bits per heavy atom. The van der Waals surface area contributed by atoms with Crippen molar-refractivity contribution >= 4 is 23.2 Å². The maximum absolute atomic E-state index is 11.6. The van der Waals surface area contributed by atoms with Crippen molar-refractivity contribution in [3.8, 4) is 11.4 Å². The number of carbonyl (C=O) groups is 1. The second kappa shape index (κ2) is 6.17. The van der Waals surface area contributed by atoms with Crippen LogP contribution in [0.2, 0.25) is 0 Å². The van der Waals surface area contributed by atoms with Crippen LogP contribution in [0.3, 0.4) is 0 Å². The summed E-state index contributed by atoms with van der Waals surface area (Å²) in [6.07, 6.45) is 3.35. The number of pyridine rings is 1. The maximum atomic E-state index is 11.6. The minimum absolute atomic E-state index is 0.0272. The minimum Gasteiger partial charge on any atom is -0.511 e. The van der Waals surface area contributed by atoms with Crippen molar-refractivity contribution in [2.45, 2.75) is 18.9 Å². The molecule has 8 heteroatoms. The van der Waals surface area contributed by atoms with Gasteiger partial charge in [0, 0.05) is 18.0 Å². The Morgan fingerprint density at radius 1 is 1.22 bits per heavy atom. The van der Waals surface area contributed by atoms with Gasteiger partial charge in [-0.1, -0.05) is 11.8 Å². The van der Waals surface area contributed by atoms with Gasteiger partial charge < -0.3 is 5.11 Å². The van der Waals surface area contributed by atoms with Crippen molar-refractivity contribution < 1.29 is 9.90 Å². The Morgan fingerprint density at radius 2 is 2.04 bits per heavy atom. The van der Waals surface area contributed by atoms with E-state index in [0.29, 0.717) is 16.5 Å². The van der Waals surface area contributed by atoms with E-state index in [4.69, 9.17) is 0 Å². The zero-order valence-electron chi connectivity index (χ0n) is 12.5. The third-order valence-corrected chi connectivity index (χ3v) is 4.23. The van der Waals surface area contributed by atoms with E-state index in [1.807, 2.05) is 6.07 Å². The molecule has 3 aromatic rings. The highest BCUT2D eigenvalue weighted by Gasteiger charge is 2.14. The largest absolute Gasteiger partial charge is 0.511 e. The Hall–Kier alpha value is -2.74. The van der Waals surface area contributed by atoms with Gasteiger partial charge in [0.25, 0.3) is 0 Å². The Labute approximate surface area is 136 Å². The average molecular weight is 327 g/mol. The minimum atomic E-state index is -0.215. The van der Waals surface area contributed by atoms with Crippen molar-refractivity contribution in [2.75, 3.05) is 0 Å². The zero-order chi connectivity index (χ0) is 16.4. The predicted molar refractivity (Wildman–Crippen MR) is 85.9 cm³/mol. The second-order valence-electron chi connectivity index (χ2n) is 4.78. The van der Waals surface area contributed by atoms with Crippen molar-refractivity contribution in [1.29, 1.82) is 0 Å². The van der Waals surface area contributed by atoms with Crippen molar-refractivity contribution in [2.24, 2.45) is 0 Å². The topological polar surface area (TPSA) is 93.3 Å². The molecular weight excluding hydrogens is 314 g/mol. The fourth-order valence-corrected chi connectivity index (χ4v) is 2.77. The molecule has 3 rings (SSSR count). The van der Waals surface area contributed by atoms with E-state index in [2.05, 4.69) is 20.3 Å². The molecule has 3 aromatic heterocycles. The fourth-order valence-electron chi connectivity index (χ4n) is 2.01. The number of aromatic nitrogens is 5. The van der Waals surface area contributed by atoms with E-state index in [0.717, 1.165) is 17.3 Å². The smallest absolute Gasteiger partial charge is 0.186 e. The van der Waals surface area contributed by atoms with Crippen LogP contribution in [0.5, 0.6) is 0 Å². The number of allylic oxidation sites excluding steroid dienone is 2. The van der Waals surface area contributed by atoms with Gasteiger partial charge in [-0.3, -0.25) is 9.78 Å². The lowest BCUT2D eigenvalue weighted by atomic mass is 10.3. The molecule has 0 unspecified atom stereocenters. The molecule has 1 N–H and O–H groups in total. The highest BCUT2D eigenvalue weighted by molar-refractivity contribution is 8.04. The summed E-state index contributed by atoms with van der Waals surface area (Å²) >= 11 is 1.10. The van der Waals surface area contributed by atoms with E-state index in [1.165, 1.54) is 13.8 Å². The molecule has 7 nitrogen and oxygen atoms in total. The number of aliphatic hydroxyl groups excluding tert-OH is 1. The van der Waals surface area contributed by atoms with Gasteiger partial charge in [0.2, 0.25) is 0 Å². The van der Waals surface area contributed by atoms with Gasteiger partial charge in [-0.2, -0.15) is 9.61 Å². The molecule has 0 aliphatic rings. The van der Waals surface area contributed by atoms with Crippen LogP contribution in [0.4, 0.5) is 0 Å². The van der Waals surface area contributed by atoms with Crippen LogP contribution >= 0.6 is 11.8 Å². The number of fused-ring (bicyclic) bond motifs is 1. The SMILES string of the molecule is CC(=O)C(Sc1ccc2nnc(-c3cccnc3)n2n1)=C(C)O. The monoisotopic (exact) mass is 327 g/mol. The van der Waals surface area contributed by atoms with Crippen LogP contribution in [0.1, 0.15) is 13.8 Å². The zero-order valence-corrected chi connectivity index (χ0v) is 13.3. The number of thioether (sulfide) groups is 1. The summed E-state index contributed by atoms with van der Waals surface area (Å²) in [4.78, 5) is 15.9. The van der Waals surface area contributed by atoms with E-state index >= 15 is 0 Å². The molecule has 0 fully saturated rings. The van der Waals surface area contributed by atoms with Crippen LogP contribution in [-0.4, -0.2) is 35.7 Å². The van der Waals surface area contributed by atoms with Gasteiger partial charge in [-0.25, -0.2) is 0 Å². The van der Waals surface area contributed by atoms with Gasteiger partial charge in [0.05, 0.1) is 4.91 Å². The molecular formula is C15H13N5O2S. The van der Waals surface area contributed by atoms with Gasteiger partial charge >= 0.3 is 0 Å². The summed E-state index contributed by atoms with van der Waals surface area (Å²) in [7, 11) is 0. The summed E-state index contributed by atoms with van der Waals surface area (Å²) in [5.41, 5.74) is 1.37. The lowest BCUT2D eigenvalue weighted by Gasteiger charge is -2.05. The number of ketones is 1. The second-order valence-corrected chi connectivity index (χ2v) is 5.81. The first-order valence-corrected chi connectivity index (χ1v) is 7.59. The number of aliphatic hydroxyl groups is 1. The fraction of sp³-hybridized carbons (Fsp3) is 0.133. The first-order valence-electron chi connectivity index (χ1n) is 6.78. The number of hydrogen-bond donors (Lipinski definition) is 1. The Bertz CT molecular complexity index is 901. The van der Waals surface area contributed by atoms with Gasteiger partial charge in [0.1, 0.15) is 10.8 Å². The number of Topliss-reactive ketones (excluding diaryl/α,β-unsaturated/α-hetero) is 1. The first-order chi connectivity index (χ1) is 11.1. The molecule has 0 aliphatic heterocycles. The Balaban J connectivity index is 2.05. The molecule has 0 atom stereocenters. The predicted octanol–water partition coefficient (Wildman–Crippen LogP) is 2.66. The van der Waals surface area contributed by atoms with E-state index < -0.39 is 0 Å². The third kappa shape index (κ3) is 3.07. The number of nitrogens with zero attached hydrogens (tertiary/aromatic N) is 5. The van der Waals surface area contributed by atoms with E-state index in [9.17, 15) is 9.90 Å². The molecule has 0 aliphatic carbocycles. The van der Waals surface area contributed by atoms with Crippen LogP contribution < -0.4 is 0 Å². The van der Waals surface area contributed by atoms with Crippen molar-refractivity contribution in [1.82, 2.24) is 24.8 Å². The summed E-state index contributed by atoms with van der Waals surface area (Å²) in [6, 6.07) is 7.16. The Kier molecular flexibility index (Phi) is 4.07. The average Bonchev–Trinajstić information content (AvgIpc) is 2.96. The highest BCUT2D eigenvalue weighted by Crippen LogP contribution is 2.28. The quantitative estimate of drug-likeness (QED) is 0.447. The molecule has 116 valence electrons. The molecule has 0 bridgehead atoms.